The van der Waals surface area contributed by atoms with Gasteiger partial charge in [0.25, 0.3) is 0 Å². The predicted molar refractivity (Wildman–Crippen MR) is 31.9 cm³/mol. The molecule has 1 N–H and O–H groups in total. The largest absolute Gasteiger partial charge is 0.384 e. The van der Waals surface area contributed by atoms with Crippen LogP contribution in [0, 0.1) is 5.92 Å². The van der Waals surface area contributed by atoms with Gasteiger partial charge in [-0.15, -0.1) is 0 Å². The molecule has 2 atom stereocenters. The number of methoxy groups -OCH3 is 1. The molecule has 0 bridgehead atoms. The van der Waals surface area contributed by atoms with Crippen LogP contribution in [0.25, 0.3) is 0 Å². The van der Waals surface area contributed by atoms with Crippen molar-refractivity contribution in [3.63, 3.8) is 0 Å². The van der Waals surface area contributed by atoms with Gasteiger partial charge in [0, 0.05) is 13.0 Å². The average Bonchev–Trinajstić information content (AvgIpc) is 2.18. The maximum atomic E-state index is 9.02. The Bertz CT molecular complexity index is 84.4. The topological polar surface area (TPSA) is 38.7 Å². The van der Waals surface area contributed by atoms with E-state index in [1.54, 1.807) is 7.11 Å². The van der Waals surface area contributed by atoms with Gasteiger partial charge in [0.2, 0.25) is 0 Å². The highest BCUT2D eigenvalue weighted by Gasteiger charge is 2.25. The van der Waals surface area contributed by atoms with Gasteiger partial charge >= 0.3 is 0 Å². The second kappa shape index (κ2) is 3.15. The molecule has 3 heteroatoms. The Morgan fingerprint density at radius 2 is 2.56 bits per heavy atom. The molecule has 1 rings (SSSR count). The maximum absolute atomic E-state index is 9.02. The number of aliphatic hydroxyl groups excluding tert-OH is 1. The zero-order valence-corrected chi connectivity index (χ0v) is 5.54. The van der Waals surface area contributed by atoms with Crippen LogP contribution in [0.15, 0.2) is 0 Å². The van der Waals surface area contributed by atoms with E-state index in [0.717, 1.165) is 6.42 Å². The molecule has 1 aliphatic rings. The van der Waals surface area contributed by atoms with E-state index < -0.39 is 6.29 Å². The summed E-state index contributed by atoms with van der Waals surface area (Å²) in [5, 5.41) is 9.02. The van der Waals surface area contributed by atoms with Gasteiger partial charge in [0.15, 0.2) is 6.29 Å². The van der Waals surface area contributed by atoms with Gasteiger partial charge in [-0.1, -0.05) is 0 Å². The van der Waals surface area contributed by atoms with Crippen molar-refractivity contribution < 1.29 is 14.6 Å². The quantitative estimate of drug-likeness (QED) is 0.574. The minimum Gasteiger partial charge on any atom is -0.384 e. The molecule has 1 fully saturated rings. The summed E-state index contributed by atoms with van der Waals surface area (Å²) in [6.07, 6.45) is 0.319. The summed E-state index contributed by atoms with van der Waals surface area (Å²) in [5.41, 5.74) is 0. The van der Waals surface area contributed by atoms with Gasteiger partial charge in [0.1, 0.15) is 0 Å². The van der Waals surface area contributed by atoms with Crippen LogP contribution in [0.4, 0.5) is 0 Å². The SMILES string of the molecule is COCC1CCOC1O. The lowest BCUT2D eigenvalue weighted by atomic mass is 10.1. The van der Waals surface area contributed by atoms with Crippen molar-refractivity contribution >= 4 is 0 Å². The molecule has 1 heterocycles. The zero-order valence-electron chi connectivity index (χ0n) is 5.54. The van der Waals surface area contributed by atoms with E-state index in [2.05, 4.69) is 0 Å². The lowest BCUT2D eigenvalue weighted by Gasteiger charge is -2.10. The van der Waals surface area contributed by atoms with Crippen LogP contribution in [0.5, 0.6) is 0 Å². The van der Waals surface area contributed by atoms with Crippen LogP contribution in [0.2, 0.25) is 0 Å². The zero-order chi connectivity index (χ0) is 6.69. The van der Waals surface area contributed by atoms with E-state index in [-0.39, 0.29) is 5.92 Å². The molecule has 0 amide bonds. The Morgan fingerprint density at radius 1 is 1.78 bits per heavy atom. The Kier molecular flexibility index (Phi) is 2.45. The monoisotopic (exact) mass is 132 g/mol. The van der Waals surface area contributed by atoms with Crippen LogP contribution in [0.1, 0.15) is 6.42 Å². The van der Waals surface area contributed by atoms with E-state index in [1.165, 1.54) is 0 Å². The summed E-state index contributed by atoms with van der Waals surface area (Å²) in [6, 6.07) is 0. The Hall–Kier alpha value is -0.120. The molecule has 3 nitrogen and oxygen atoms in total. The van der Waals surface area contributed by atoms with Crippen LogP contribution >= 0.6 is 0 Å². The van der Waals surface area contributed by atoms with Crippen LogP contribution < -0.4 is 0 Å². The first-order chi connectivity index (χ1) is 4.34. The smallest absolute Gasteiger partial charge is 0.159 e. The first kappa shape index (κ1) is 6.99. The van der Waals surface area contributed by atoms with E-state index >= 15 is 0 Å². The molecule has 0 radical (unpaired) electrons. The summed E-state index contributed by atoms with van der Waals surface area (Å²) in [7, 11) is 1.63. The fourth-order valence-corrected chi connectivity index (χ4v) is 0.999. The minimum atomic E-state index is -0.593. The van der Waals surface area contributed by atoms with E-state index in [1.807, 2.05) is 0 Å². The maximum Gasteiger partial charge on any atom is 0.159 e. The lowest BCUT2D eigenvalue weighted by Crippen LogP contribution is -2.18. The standard InChI is InChI=1S/C6H12O3/c1-8-4-5-2-3-9-6(5)7/h5-7H,2-4H2,1H3. The molecule has 1 aliphatic heterocycles. The third-order valence-corrected chi connectivity index (χ3v) is 1.56. The second-order valence-electron chi connectivity index (χ2n) is 2.27. The lowest BCUT2D eigenvalue weighted by molar-refractivity contribution is -0.0930. The number of rotatable bonds is 2. The fourth-order valence-electron chi connectivity index (χ4n) is 0.999. The normalized spacial score (nSPS) is 35.3. The van der Waals surface area contributed by atoms with Crippen molar-refractivity contribution in [3.8, 4) is 0 Å². The van der Waals surface area contributed by atoms with Crippen molar-refractivity contribution in [1.29, 1.82) is 0 Å². The van der Waals surface area contributed by atoms with Crippen molar-refractivity contribution in [3.05, 3.63) is 0 Å². The summed E-state index contributed by atoms with van der Waals surface area (Å²) in [4.78, 5) is 0. The highest BCUT2D eigenvalue weighted by Crippen LogP contribution is 2.18. The Balaban J connectivity index is 2.22. The first-order valence-corrected chi connectivity index (χ1v) is 3.13. The molecular weight excluding hydrogens is 120 g/mol. The number of hydrogen-bond acceptors (Lipinski definition) is 3. The number of aliphatic hydroxyl groups is 1. The Labute approximate surface area is 54.6 Å². The predicted octanol–water partition coefficient (Wildman–Crippen LogP) is -0.0123. The first-order valence-electron chi connectivity index (χ1n) is 3.13. The van der Waals surface area contributed by atoms with Crippen molar-refractivity contribution in [2.45, 2.75) is 12.7 Å². The summed E-state index contributed by atoms with van der Waals surface area (Å²) in [5.74, 6) is 0.190. The van der Waals surface area contributed by atoms with Gasteiger partial charge in [0.05, 0.1) is 13.2 Å². The summed E-state index contributed by atoms with van der Waals surface area (Å²) < 4.78 is 9.75. The third-order valence-electron chi connectivity index (χ3n) is 1.56. The van der Waals surface area contributed by atoms with Crippen molar-refractivity contribution in [2.75, 3.05) is 20.3 Å². The molecule has 0 aliphatic carbocycles. The highest BCUT2D eigenvalue weighted by atomic mass is 16.6. The van der Waals surface area contributed by atoms with E-state index in [4.69, 9.17) is 14.6 Å². The molecule has 0 aromatic heterocycles. The molecule has 9 heavy (non-hydrogen) atoms. The molecule has 0 aromatic carbocycles. The van der Waals surface area contributed by atoms with E-state index in [0.29, 0.717) is 13.2 Å². The van der Waals surface area contributed by atoms with Crippen LogP contribution in [-0.4, -0.2) is 31.7 Å². The number of hydrogen-bond donors (Lipinski definition) is 1. The summed E-state index contributed by atoms with van der Waals surface area (Å²) in [6.45, 7) is 1.26. The summed E-state index contributed by atoms with van der Waals surface area (Å²) >= 11 is 0. The third kappa shape index (κ3) is 1.64. The Morgan fingerprint density at radius 3 is 3.00 bits per heavy atom. The van der Waals surface area contributed by atoms with Crippen LogP contribution in [-0.2, 0) is 9.47 Å². The van der Waals surface area contributed by atoms with Crippen molar-refractivity contribution in [1.82, 2.24) is 0 Å². The molecule has 54 valence electrons. The van der Waals surface area contributed by atoms with E-state index in [9.17, 15) is 0 Å². The molecule has 0 spiro atoms. The molecule has 0 saturated carbocycles. The molecule has 0 aromatic rings. The van der Waals surface area contributed by atoms with Crippen LogP contribution in [0.3, 0.4) is 0 Å². The highest BCUT2D eigenvalue weighted by molar-refractivity contribution is 4.66. The molecule has 1 saturated heterocycles. The van der Waals surface area contributed by atoms with Gasteiger partial charge < -0.3 is 14.6 Å². The van der Waals surface area contributed by atoms with Gasteiger partial charge in [-0.3, -0.25) is 0 Å². The fraction of sp³-hybridized carbons (Fsp3) is 1.00. The van der Waals surface area contributed by atoms with Crippen molar-refractivity contribution in [2.24, 2.45) is 5.92 Å². The minimum absolute atomic E-state index is 0.190. The van der Waals surface area contributed by atoms with Gasteiger partial charge in [-0.05, 0) is 6.42 Å². The second-order valence-corrected chi connectivity index (χ2v) is 2.27. The van der Waals surface area contributed by atoms with Gasteiger partial charge in [-0.25, -0.2) is 0 Å². The van der Waals surface area contributed by atoms with Gasteiger partial charge in [-0.2, -0.15) is 0 Å². The average molecular weight is 132 g/mol. The molecule has 2 unspecified atom stereocenters. The number of ether oxygens (including phenoxy) is 2. The molecular formula is C6H12O3.